The van der Waals surface area contributed by atoms with E-state index in [0.717, 1.165) is 66.8 Å². The lowest BCUT2D eigenvalue weighted by molar-refractivity contribution is 0.671. The quantitative estimate of drug-likeness (QED) is 0.193. The number of benzene rings is 6. The topological polar surface area (TPSA) is 30.4 Å². The van der Waals surface area contributed by atoms with Crippen molar-refractivity contribution in [2.24, 2.45) is 4.99 Å². The molecular formula is C41H26N2O. The summed E-state index contributed by atoms with van der Waals surface area (Å²) in [6, 6.07) is 46.5. The Kier molecular flexibility index (Phi) is 5.37. The molecule has 9 rings (SSSR count). The molecule has 0 unspecified atom stereocenters. The van der Waals surface area contributed by atoms with Gasteiger partial charge in [-0.3, -0.25) is 4.57 Å². The maximum absolute atomic E-state index is 6.78. The third-order valence-corrected chi connectivity index (χ3v) is 8.68. The molecular weight excluding hydrogens is 536 g/mol. The Morgan fingerprint density at radius 3 is 1.93 bits per heavy atom. The van der Waals surface area contributed by atoms with Gasteiger partial charge in [0.1, 0.15) is 11.4 Å². The van der Waals surface area contributed by atoms with E-state index in [-0.39, 0.29) is 0 Å². The number of para-hydroxylation sites is 2. The molecule has 6 aromatic carbocycles. The Balaban J connectivity index is 1.49. The molecule has 0 N–H and O–H groups in total. The van der Waals surface area contributed by atoms with Crippen LogP contribution in [0, 0.1) is 0 Å². The summed E-state index contributed by atoms with van der Waals surface area (Å²) < 4.78 is 9.08. The molecule has 2 aromatic heterocycles. The largest absolute Gasteiger partial charge is 0.454 e. The van der Waals surface area contributed by atoms with E-state index in [0.29, 0.717) is 0 Å². The number of furan rings is 1. The molecule has 3 heteroatoms. The number of rotatable bonds is 2. The molecule has 1 aliphatic heterocycles. The predicted octanol–water partition coefficient (Wildman–Crippen LogP) is 10.8. The molecule has 3 heterocycles. The lowest BCUT2D eigenvalue weighted by Crippen LogP contribution is -2.13. The van der Waals surface area contributed by atoms with E-state index in [4.69, 9.17) is 9.41 Å². The van der Waals surface area contributed by atoms with Gasteiger partial charge in [-0.1, -0.05) is 121 Å². The fourth-order valence-corrected chi connectivity index (χ4v) is 6.75. The van der Waals surface area contributed by atoms with E-state index in [2.05, 4.69) is 139 Å². The summed E-state index contributed by atoms with van der Waals surface area (Å²) in [5.74, 6) is 0.828. The van der Waals surface area contributed by atoms with Crippen LogP contribution in [0.3, 0.4) is 0 Å². The van der Waals surface area contributed by atoms with Gasteiger partial charge in [0.25, 0.3) is 0 Å². The van der Waals surface area contributed by atoms with Crippen molar-refractivity contribution >= 4 is 71.6 Å². The molecule has 44 heavy (non-hydrogen) atoms. The van der Waals surface area contributed by atoms with Gasteiger partial charge in [0.2, 0.25) is 0 Å². The van der Waals surface area contributed by atoms with Crippen LogP contribution in [0.4, 0.5) is 0 Å². The van der Waals surface area contributed by atoms with Gasteiger partial charge in [-0.15, -0.1) is 5.73 Å². The number of fused-ring (bicyclic) bond motifs is 10. The molecule has 0 saturated carbocycles. The normalized spacial score (nSPS) is 13.8. The second-order valence-electron chi connectivity index (χ2n) is 11.3. The van der Waals surface area contributed by atoms with Gasteiger partial charge in [0.05, 0.1) is 16.7 Å². The lowest BCUT2D eigenvalue weighted by atomic mass is 9.99. The van der Waals surface area contributed by atoms with Crippen molar-refractivity contribution in [2.45, 2.75) is 6.92 Å². The van der Waals surface area contributed by atoms with Crippen molar-refractivity contribution in [1.82, 2.24) is 4.57 Å². The minimum atomic E-state index is 0.828. The maximum Gasteiger partial charge on any atom is 0.160 e. The fraction of sp³-hybridized carbons (Fsp3) is 0.0244. The Morgan fingerprint density at radius 1 is 0.591 bits per heavy atom. The fourth-order valence-electron chi connectivity index (χ4n) is 6.75. The van der Waals surface area contributed by atoms with Gasteiger partial charge >= 0.3 is 0 Å². The Morgan fingerprint density at radius 2 is 1.18 bits per heavy atom. The zero-order valence-corrected chi connectivity index (χ0v) is 24.1. The number of aromatic nitrogens is 1. The van der Waals surface area contributed by atoms with Gasteiger partial charge < -0.3 is 4.42 Å². The van der Waals surface area contributed by atoms with Crippen molar-refractivity contribution in [3.8, 4) is 0 Å². The van der Waals surface area contributed by atoms with E-state index in [1.54, 1.807) is 0 Å². The molecule has 1 aliphatic rings. The summed E-state index contributed by atoms with van der Waals surface area (Å²) in [5, 5.41) is 6.96. The lowest BCUT2D eigenvalue weighted by Gasteiger charge is -2.13. The molecule has 3 nitrogen and oxygen atoms in total. The third kappa shape index (κ3) is 3.61. The SMILES string of the molecule is CC1=C=C(c2ccccc2)C=C(c2ccccc2)N=C1n1c2ccccc2c2c3ccccc3c3c4ccccc4oc3c21. The summed E-state index contributed by atoms with van der Waals surface area (Å²) in [5.41, 5.74) is 12.6. The van der Waals surface area contributed by atoms with Crippen LogP contribution in [0.25, 0.3) is 65.8 Å². The second-order valence-corrected chi connectivity index (χ2v) is 11.3. The van der Waals surface area contributed by atoms with Crippen molar-refractivity contribution in [1.29, 1.82) is 0 Å². The van der Waals surface area contributed by atoms with Gasteiger partial charge in [-0.25, -0.2) is 4.99 Å². The van der Waals surface area contributed by atoms with Crippen molar-refractivity contribution in [3.05, 3.63) is 162 Å². The van der Waals surface area contributed by atoms with Crippen LogP contribution in [0.2, 0.25) is 0 Å². The average Bonchev–Trinajstić information content (AvgIpc) is 3.58. The molecule has 0 saturated heterocycles. The first-order valence-electron chi connectivity index (χ1n) is 14.9. The van der Waals surface area contributed by atoms with Crippen LogP contribution in [0.5, 0.6) is 0 Å². The molecule has 0 aliphatic carbocycles. The smallest absolute Gasteiger partial charge is 0.160 e. The number of allylic oxidation sites excluding steroid dienone is 2. The molecule has 0 amide bonds. The monoisotopic (exact) mass is 562 g/mol. The number of nitrogens with zero attached hydrogens (tertiary/aromatic N) is 2. The molecule has 0 spiro atoms. The highest BCUT2D eigenvalue weighted by Crippen LogP contribution is 2.45. The molecule has 8 aromatic rings. The molecule has 0 radical (unpaired) electrons. The zero-order chi connectivity index (χ0) is 29.2. The first kappa shape index (κ1) is 24.7. The Hall–Kier alpha value is -5.89. The second kappa shape index (κ2) is 9.57. The number of hydrogen-bond donors (Lipinski definition) is 0. The summed E-state index contributed by atoms with van der Waals surface area (Å²) in [6.45, 7) is 2.11. The number of hydrogen-bond acceptors (Lipinski definition) is 2. The zero-order valence-electron chi connectivity index (χ0n) is 24.1. The number of aliphatic imine (C=N–C) groups is 1. The van der Waals surface area contributed by atoms with Gasteiger partial charge in [0, 0.05) is 38.3 Å². The molecule has 0 bridgehead atoms. The van der Waals surface area contributed by atoms with E-state index in [1.165, 1.54) is 21.5 Å². The first-order valence-corrected chi connectivity index (χ1v) is 14.9. The highest BCUT2D eigenvalue weighted by molar-refractivity contribution is 6.36. The van der Waals surface area contributed by atoms with Crippen LogP contribution in [0.15, 0.2) is 160 Å². The minimum absolute atomic E-state index is 0.828. The van der Waals surface area contributed by atoms with E-state index in [1.807, 2.05) is 18.2 Å². The summed E-state index contributed by atoms with van der Waals surface area (Å²) in [4.78, 5) is 5.46. The van der Waals surface area contributed by atoms with E-state index in [9.17, 15) is 0 Å². The molecule has 206 valence electrons. The standard InChI is InChI=1S/C41H26N2O/c1-26-24-29(27-14-4-2-5-15-27)25-34(28-16-6-3-7-17-28)42-41(26)43-35-22-12-10-20-32(35)37-30-18-8-9-19-31(30)38-33-21-11-13-23-36(33)44-40(38)39(37)43/h2-23,25H,1H3. The van der Waals surface area contributed by atoms with Crippen molar-refractivity contribution < 1.29 is 4.42 Å². The Bertz CT molecular complexity index is 2570. The maximum atomic E-state index is 6.78. The van der Waals surface area contributed by atoms with Crippen molar-refractivity contribution in [2.75, 3.05) is 0 Å². The highest BCUT2D eigenvalue weighted by Gasteiger charge is 2.25. The van der Waals surface area contributed by atoms with Crippen LogP contribution < -0.4 is 0 Å². The van der Waals surface area contributed by atoms with Crippen LogP contribution in [-0.2, 0) is 0 Å². The predicted molar refractivity (Wildman–Crippen MR) is 184 cm³/mol. The summed E-state index contributed by atoms with van der Waals surface area (Å²) >= 11 is 0. The van der Waals surface area contributed by atoms with Crippen LogP contribution in [0.1, 0.15) is 18.1 Å². The van der Waals surface area contributed by atoms with Gasteiger partial charge in [-0.05, 0) is 41.5 Å². The highest BCUT2D eigenvalue weighted by atomic mass is 16.3. The van der Waals surface area contributed by atoms with Gasteiger partial charge in [-0.2, -0.15) is 0 Å². The summed E-state index contributed by atoms with van der Waals surface area (Å²) in [7, 11) is 0. The van der Waals surface area contributed by atoms with Crippen LogP contribution in [-0.4, -0.2) is 10.4 Å². The summed E-state index contributed by atoms with van der Waals surface area (Å²) in [6.07, 6.45) is 2.15. The minimum Gasteiger partial charge on any atom is -0.454 e. The van der Waals surface area contributed by atoms with Gasteiger partial charge in [0.15, 0.2) is 5.58 Å². The Labute approximate surface area is 254 Å². The van der Waals surface area contributed by atoms with Crippen LogP contribution >= 0.6 is 0 Å². The molecule has 0 atom stereocenters. The first-order chi connectivity index (χ1) is 21.8. The van der Waals surface area contributed by atoms with E-state index >= 15 is 0 Å². The average molecular weight is 563 g/mol. The van der Waals surface area contributed by atoms with E-state index < -0.39 is 0 Å². The molecule has 0 fully saturated rings. The van der Waals surface area contributed by atoms with Crippen molar-refractivity contribution in [3.63, 3.8) is 0 Å². The third-order valence-electron chi connectivity index (χ3n) is 8.68.